The van der Waals surface area contributed by atoms with Gasteiger partial charge in [0.2, 0.25) is 0 Å². The molecule has 90 valence electrons. The van der Waals surface area contributed by atoms with Gasteiger partial charge in [-0.1, -0.05) is 6.07 Å². The van der Waals surface area contributed by atoms with E-state index in [1.54, 1.807) is 23.9 Å². The van der Waals surface area contributed by atoms with E-state index < -0.39 is 5.82 Å². The van der Waals surface area contributed by atoms with Crippen molar-refractivity contribution < 1.29 is 9.13 Å². The number of nitrogens with zero attached hydrogens (tertiary/aromatic N) is 1. The summed E-state index contributed by atoms with van der Waals surface area (Å²) in [6.45, 7) is 0.875. The van der Waals surface area contributed by atoms with Gasteiger partial charge in [-0.3, -0.25) is 0 Å². The number of hydrogen-bond acceptors (Lipinski definition) is 3. The summed E-state index contributed by atoms with van der Waals surface area (Å²) >= 11 is 1.77. The first-order valence-corrected chi connectivity index (χ1v) is 6.83. The van der Waals surface area contributed by atoms with Gasteiger partial charge in [0.25, 0.3) is 0 Å². The van der Waals surface area contributed by atoms with Crippen LogP contribution in [0.15, 0.2) is 18.2 Å². The maximum absolute atomic E-state index is 13.1. The maximum Gasteiger partial charge on any atom is 0.140 e. The molecular formula is C13H14FNOS. The highest BCUT2D eigenvalue weighted by atomic mass is 32.2. The summed E-state index contributed by atoms with van der Waals surface area (Å²) in [5.41, 5.74) is 1.12. The largest absolute Gasteiger partial charge is 0.377 e. The molecule has 0 radical (unpaired) electrons. The first-order valence-electron chi connectivity index (χ1n) is 5.67. The standard InChI is InChI=1S/C13H14FNOS/c14-13-4-3-10(6-11(13)7-15)8-17-9-12-2-1-5-16-12/h3-4,6,12H,1-2,5,8-9H2. The highest BCUT2D eigenvalue weighted by Crippen LogP contribution is 2.21. The fourth-order valence-corrected chi connectivity index (χ4v) is 2.89. The number of hydrogen-bond donors (Lipinski definition) is 0. The van der Waals surface area contributed by atoms with Gasteiger partial charge in [0.15, 0.2) is 0 Å². The molecule has 1 heterocycles. The lowest BCUT2D eigenvalue weighted by atomic mass is 10.1. The summed E-state index contributed by atoms with van der Waals surface area (Å²) in [5, 5.41) is 8.72. The Labute approximate surface area is 105 Å². The maximum atomic E-state index is 13.1. The third-order valence-electron chi connectivity index (χ3n) is 2.75. The van der Waals surface area contributed by atoms with E-state index in [1.165, 1.54) is 6.07 Å². The number of nitriles is 1. The third-order valence-corrected chi connectivity index (χ3v) is 3.89. The van der Waals surface area contributed by atoms with Crippen molar-refractivity contribution in [1.82, 2.24) is 0 Å². The molecule has 0 aromatic heterocycles. The van der Waals surface area contributed by atoms with Crippen molar-refractivity contribution in [1.29, 1.82) is 5.26 Å². The van der Waals surface area contributed by atoms with Gasteiger partial charge >= 0.3 is 0 Å². The van der Waals surface area contributed by atoms with Crippen LogP contribution in [0.4, 0.5) is 4.39 Å². The van der Waals surface area contributed by atoms with Crippen LogP contribution < -0.4 is 0 Å². The molecule has 1 aromatic carbocycles. The van der Waals surface area contributed by atoms with E-state index in [9.17, 15) is 4.39 Å². The Hall–Kier alpha value is -1.05. The second-order valence-corrected chi connectivity index (χ2v) is 5.11. The first kappa shape index (κ1) is 12.4. The molecule has 0 aliphatic carbocycles. The summed E-state index contributed by atoms with van der Waals surface area (Å²) in [6, 6.07) is 6.58. The Morgan fingerprint density at radius 1 is 1.53 bits per heavy atom. The van der Waals surface area contributed by atoms with Crippen molar-refractivity contribution >= 4 is 11.8 Å². The predicted octanol–water partition coefficient (Wildman–Crippen LogP) is 3.11. The molecule has 0 bridgehead atoms. The van der Waals surface area contributed by atoms with Crippen molar-refractivity contribution in [3.05, 3.63) is 35.1 Å². The SMILES string of the molecule is N#Cc1cc(CSCC2CCCO2)ccc1F. The number of halogens is 1. The average Bonchev–Trinajstić information content (AvgIpc) is 2.84. The average molecular weight is 251 g/mol. The third kappa shape index (κ3) is 3.45. The summed E-state index contributed by atoms with van der Waals surface area (Å²) < 4.78 is 18.6. The summed E-state index contributed by atoms with van der Waals surface area (Å²) in [7, 11) is 0. The van der Waals surface area contributed by atoms with E-state index in [0.29, 0.717) is 6.10 Å². The van der Waals surface area contributed by atoms with Crippen LogP contribution in [0.3, 0.4) is 0 Å². The van der Waals surface area contributed by atoms with Crippen LogP contribution in [0.5, 0.6) is 0 Å². The molecule has 0 spiro atoms. The molecule has 1 aliphatic heterocycles. The van der Waals surface area contributed by atoms with Crippen molar-refractivity contribution in [2.75, 3.05) is 12.4 Å². The summed E-state index contributed by atoms with van der Waals surface area (Å²) in [6.07, 6.45) is 2.66. The Morgan fingerprint density at radius 2 is 2.41 bits per heavy atom. The minimum absolute atomic E-state index is 0.125. The monoisotopic (exact) mass is 251 g/mol. The van der Waals surface area contributed by atoms with Crippen LogP contribution in [-0.2, 0) is 10.5 Å². The van der Waals surface area contributed by atoms with Crippen LogP contribution in [0, 0.1) is 17.1 Å². The van der Waals surface area contributed by atoms with E-state index in [1.807, 2.05) is 6.07 Å². The van der Waals surface area contributed by atoms with Crippen LogP contribution in [0.2, 0.25) is 0 Å². The summed E-state index contributed by atoms with van der Waals surface area (Å²) in [4.78, 5) is 0. The zero-order chi connectivity index (χ0) is 12.1. The molecule has 4 heteroatoms. The van der Waals surface area contributed by atoms with Gasteiger partial charge in [0.1, 0.15) is 11.9 Å². The number of benzene rings is 1. The molecule has 0 amide bonds. The van der Waals surface area contributed by atoms with E-state index >= 15 is 0 Å². The lowest BCUT2D eigenvalue weighted by molar-refractivity contribution is 0.129. The van der Waals surface area contributed by atoms with Gasteiger partial charge in [0, 0.05) is 18.1 Å². The smallest absolute Gasteiger partial charge is 0.140 e. The molecular weight excluding hydrogens is 237 g/mol. The van der Waals surface area contributed by atoms with E-state index in [-0.39, 0.29) is 5.56 Å². The Morgan fingerprint density at radius 3 is 3.12 bits per heavy atom. The van der Waals surface area contributed by atoms with Gasteiger partial charge in [0.05, 0.1) is 11.7 Å². The molecule has 17 heavy (non-hydrogen) atoms. The first-order chi connectivity index (χ1) is 8.29. The molecule has 2 rings (SSSR count). The zero-order valence-electron chi connectivity index (χ0n) is 9.49. The molecule has 1 fully saturated rings. The highest BCUT2D eigenvalue weighted by Gasteiger charge is 2.15. The molecule has 1 saturated heterocycles. The fourth-order valence-electron chi connectivity index (χ4n) is 1.83. The lowest BCUT2D eigenvalue weighted by Gasteiger charge is -2.08. The van der Waals surface area contributed by atoms with Crippen LogP contribution >= 0.6 is 11.8 Å². The van der Waals surface area contributed by atoms with Crippen LogP contribution in [-0.4, -0.2) is 18.5 Å². The normalized spacial score (nSPS) is 19.2. The molecule has 1 aromatic rings. The number of rotatable bonds is 4. The highest BCUT2D eigenvalue weighted by molar-refractivity contribution is 7.98. The second kappa shape index (κ2) is 6.04. The van der Waals surface area contributed by atoms with Gasteiger partial charge < -0.3 is 4.74 Å². The molecule has 0 saturated carbocycles. The Bertz CT molecular complexity index is 424. The van der Waals surface area contributed by atoms with Crippen molar-refractivity contribution in [2.45, 2.75) is 24.7 Å². The predicted molar refractivity (Wildman–Crippen MR) is 66.3 cm³/mol. The van der Waals surface area contributed by atoms with Gasteiger partial charge in [-0.05, 0) is 30.5 Å². The van der Waals surface area contributed by atoms with E-state index in [4.69, 9.17) is 10.00 Å². The number of ether oxygens (including phenoxy) is 1. The molecule has 1 atom stereocenters. The Kier molecular flexibility index (Phi) is 4.41. The van der Waals surface area contributed by atoms with E-state index in [0.717, 1.165) is 36.5 Å². The minimum Gasteiger partial charge on any atom is -0.377 e. The topological polar surface area (TPSA) is 33.0 Å². The van der Waals surface area contributed by atoms with Crippen molar-refractivity contribution in [3.63, 3.8) is 0 Å². The zero-order valence-corrected chi connectivity index (χ0v) is 10.3. The summed E-state index contributed by atoms with van der Waals surface area (Å²) in [5.74, 6) is 1.33. The van der Waals surface area contributed by atoms with Gasteiger partial charge in [-0.2, -0.15) is 17.0 Å². The molecule has 2 nitrogen and oxygen atoms in total. The fraction of sp³-hybridized carbons (Fsp3) is 0.462. The van der Waals surface area contributed by atoms with Crippen molar-refractivity contribution in [3.8, 4) is 6.07 Å². The lowest BCUT2D eigenvalue weighted by Crippen LogP contribution is -2.07. The van der Waals surface area contributed by atoms with Gasteiger partial charge in [-0.15, -0.1) is 0 Å². The molecule has 1 unspecified atom stereocenters. The second-order valence-electron chi connectivity index (χ2n) is 4.08. The Balaban J connectivity index is 1.84. The molecule has 1 aliphatic rings. The number of thioether (sulfide) groups is 1. The van der Waals surface area contributed by atoms with Crippen molar-refractivity contribution in [2.24, 2.45) is 0 Å². The van der Waals surface area contributed by atoms with E-state index in [2.05, 4.69) is 0 Å². The quantitative estimate of drug-likeness (QED) is 0.824. The van der Waals surface area contributed by atoms with Gasteiger partial charge in [-0.25, -0.2) is 4.39 Å². The minimum atomic E-state index is -0.444. The van der Waals surface area contributed by atoms with Crippen LogP contribution in [0.1, 0.15) is 24.0 Å². The van der Waals surface area contributed by atoms with Crippen LogP contribution in [0.25, 0.3) is 0 Å². The molecule has 0 N–H and O–H groups in total.